The molecule has 1 aliphatic rings. The lowest BCUT2D eigenvalue weighted by Gasteiger charge is -2.15. The number of nitrogen functional groups attached to an aromatic ring is 1. The molecule has 1 amide bonds. The Hall–Kier alpha value is -1.35. The molecule has 22 heavy (non-hydrogen) atoms. The number of anilines is 1. The summed E-state index contributed by atoms with van der Waals surface area (Å²) in [7, 11) is 0. The second-order valence-electron chi connectivity index (χ2n) is 5.11. The smallest absolute Gasteiger partial charge is 0.316 e. The minimum atomic E-state index is -0.449. The van der Waals surface area contributed by atoms with Crippen LogP contribution in [0.25, 0.3) is 0 Å². The Balaban J connectivity index is 1.61. The van der Waals surface area contributed by atoms with Crippen molar-refractivity contribution >= 4 is 40.1 Å². The number of amides is 1. The molecule has 0 aliphatic heterocycles. The summed E-state index contributed by atoms with van der Waals surface area (Å²) >= 11 is 2.41. The van der Waals surface area contributed by atoms with Crippen LogP contribution >= 0.6 is 23.1 Å². The number of carbonyl (C=O) groups is 2. The number of rotatable bonds is 6. The summed E-state index contributed by atoms with van der Waals surface area (Å²) in [5, 5.41) is 10.7. The topological polar surface area (TPSA) is 107 Å². The molecule has 122 valence electrons. The van der Waals surface area contributed by atoms with Crippen molar-refractivity contribution in [3.63, 3.8) is 0 Å². The van der Waals surface area contributed by atoms with Crippen LogP contribution in [-0.4, -0.2) is 40.5 Å². The lowest BCUT2D eigenvalue weighted by Crippen LogP contribution is -2.37. The molecule has 7 nitrogen and oxygen atoms in total. The highest BCUT2D eigenvalue weighted by Crippen LogP contribution is 2.23. The quantitative estimate of drug-likeness (QED) is 0.458. The van der Waals surface area contributed by atoms with Gasteiger partial charge in [-0.1, -0.05) is 48.8 Å². The standard InChI is InChI=1S/C13H20N4O3S2/c14-12-16-17-13(22-12)21-8-11(19)20-7-10(18)15-9-5-3-1-2-4-6-9/h9H,1-8H2,(H2,14,16)(H,15,18). The number of aromatic nitrogens is 2. The van der Waals surface area contributed by atoms with Crippen molar-refractivity contribution in [3.8, 4) is 0 Å². The number of esters is 1. The second-order valence-corrected chi connectivity index (χ2v) is 7.34. The summed E-state index contributed by atoms with van der Waals surface area (Å²) in [6, 6.07) is 0.215. The fourth-order valence-corrected chi connectivity index (χ4v) is 3.71. The fourth-order valence-electron chi connectivity index (χ4n) is 2.28. The van der Waals surface area contributed by atoms with Crippen LogP contribution in [-0.2, 0) is 14.3 Å². The zero-order chi connectivity index (χ0) is 15.8. The average Bonchev–Trinajstić information content (AvgIpc) is 2.74. The van der Waals surface area contributed by atoms with E-state index in [2.05, 4.69) is 15.5 Å². The van der Waals surface area contributed by atoms with Crippen LogP contribution < -0.4 is 11.1 Å². The molecule has 0 unspecified atom stereocenters. The number of nitrogens with one attached hydrogen (secondary N) is 1. The van der Waals surface area contributed by atoms with E-state index in [1.165, 1.54) is 35.9 Å². The first-order valence-corrected chi connectivity index (χ1v) is 9.10. The molecule has 1 heterocycles. The molecule has 2 rings (SSSR count). The van der Waals surface area contributed by atoms with Crippen molar-refractivity contribution in [2.45, 2.75) is 48.9 Å². The highest BCUT2D eigenvalue weighted by atomic mass is 32.2. The van der Waals surface area contributed by atoms with Crippen LogP contribution in [0.3, 0.4) is 0 Å². The van der Waals surface area contributed by atoms with Gasteiger partial charge in [0.15, 0.2) is 10.9 Å². The van der Waals surface area contributed by atoms with E-state index < -0.39 is 5.97 Å². The Morgan fingerprint density at radius 1 is 1.27 bits per heavy atom. The first-order valence-electron chi connectivity index (χ1n) is 7.30. The van der Waals surface area contributed by atoms with Gasteiger partial charge in [-0.05, 0) is 12.8 Å². The van der Waals surface area contributed by atoms with Gasteiger partial charge in [-0.3, -0.25) is 9.59 Å². The third-order valence-corrected chi connectivity index (χ3v) is 5.18. The summed E-state index contributed by atoms with van der Waals surface area (Å²) in [6.45, 7) is -0.228. The zero-order valence-electron chi connectivity index (χ0n) is 12.2. The monoisotopic (exact) mass is 344 g/mol. The minimum absolute atomic E-state index is 0.0886. The predicted molar refractivity (Wildman–Crippen MR) is 85.6 cm³/mol. The van der Waals surface area contributed by atoms with Crippen LogP contribution in [0.2, 0.25) is 0 Å². The molecule has 0 radical (unpaired) electrons. The van der Waals surface area contributed by atoms with E-state index >= 15 is 0 Å². The highest BCUT2D eigenvalue weighted by molar-refractivity contribution is 8.01. The first-order chi connectivity index (χ1) is 10.6. The van der Waals surface area contributed by atoms with E-state index in [0.717, 1.165) is 25.7 Å². The number of ether oxygens (including phenoxy) is 1. The van der Waals surface area contributed by atoms with Crippen molar-refractivity contribution in [1.29, 1.82) is 0 Å². The third-order valence-electron chi connectivity index (χ3n) is 3.32. The molecule has 0 aromatic carbocycles. The maximum absolute atomic E-state index is 11.8. The van der Waals surface area contributed by atoms with Gasteiger partial charge in [-0.25, -0.2) is 0 Å². The summed E-state index contributed by atoms with van der Waals surface area (Å²) < 4.78 is 5.57. The van der Waals surface area contributed by atoms with E-state index in [-0.39, 0.29) is 24.3 Å². The molecular formula is C13H20N4O3S2. The van der Waals surface area contributed by atoms with Crippen molar-refractivity contribution < 1.29 is 14.3 Å². The van der Waals surface area contributed by atoms with Gasteiger partial charge >= 0.3 is 5.97 Å². The van der Waals surface area contributed by atoms with Crippen LogP contribution in [0.5, 0.6) is 0 Å². The number of hydrogen-bond acceptors (Lipinski definition) is 8. The zero-order valence-corrected chi connectivity index (χ0v) is 13.9. The molecule has 0 spiro atoms. The molecule has 0 saturated heterocycles. The van der Waals surface area contributed by atoms with Gasteiger partial charge in [0.1, 0.15) is 0 Å². The van der Waals surface area contributed by atoms with Crippen LogP contribution in [0.1, 0.15) is 38.5 Å². The maximum Gasteiger partial charge on any atom is 0.316 e. The Morgan fingerprint density at radius 2 is 2.00 bits per heavy atom. The van der Waals surface area contributed by atoms with Gasteiger partial charge in [0, 0.05) is 6.04 Å². The number of nitrogens with two attached hydrogens (primary N) is 1. The normalized spacial score (nSPS) is 16.0. The van der Waals surface area contributed by atoms with Crippen molar-refractivity contribution in [2.24, 2.45) is 0 Å². The number of carbonyl (C=O) groups excluding carboxylic acids is 2. The van der Waals surface area contributed by atoms with Crippen LogP contribution in [0, 0.1) is 0 Å². The molecule has 1 aromatic rings. The van der Waals surface area contributed by atoms with Gasteiger partial charge in [-0.15, -0.1) is 10.2 Å². The third kappa shape index (κ3) is 6.18. The van der Waals surface area contributed by atoms with Gasteiger partial charge in [0.05, 0.1) is 5.75 Å². The minimum Gasteiger partial charge on any atom is -0.455 e. The first kappa shape index (κ1) is 17.0. The summed E-state index contributed by atoms with van der Waals surface area (Å²) in [5.74, 6) is -0.592. The Labute approximate surface area is 137 Å². The summed E-state index contributed by atoms with van der Waals surface area (Å²) in [4.78, 5) is 23.4. The highest BCUT2D eigenvalue weighted by Gasteiger charge is 2.16. The molecule has 9 heteroatoms. The van der Waals surface area contributed by atoms with E-state index in [0.29, 0.717) is 9.47 Å². The summed E-state index contributed by atoms with van der Waals surface area (Å²) in [5.41, 5.74) is 5.45. The summed E-state index contributed by atoms with van der Waals surface area (Å²) in [6.07, 6.45) is 6.77. The van der Waals surface area contributed by atoms with Gasteiger partial charge in [0.25, 0.3) is 5.91 Å². The number of nitrogens with zero attached hydrogens (tertiary/aromatic N) is 2. The Morgan fingerprint density at radius 3 is 2.64 bits per heavy atom. The van der Waals surface area contributed by atoms with Gasteiger partial charge in [-0.2, -0.15) is 0 Å². The predicted octanol–water partition coefficient (Wildman–Crippen LogP) is 1.59. The lowest BCUT2D eigenvalue weighted by atomic mass is 10.1. The van der Waals surface area contributed by atoms with Crippen molar-refractivity contribution in [2.75, 3.05) is 18.1 Å². The van der Waals surface area contributed by atoms with E-state index in [1.54, 1.807) is 0 Å². The van der Waals surface area contributed by atoms with Gasteiger partial charge < -0.3 is 15.8 Å². The van der Waals surface area contributed by atoms with E-state index in [1.807, 2.05) is 0 Å². The van der Waals surface area contributed by atoms with Crippen LogP contribution in [0.4, 0.5) is 5.13 Å². The largest absolute Gasteiger partial charge is 0.455 e. The number of hydrogen-bond donors (Lipinski definition) is 2. The molecule has 0 bridgehead atoms. The Kier molecular flexibility index (Phi) is 6.91. The molecule has 1 saturated carbocycles. The van der Waals surface area contributed by atoms with Crippen molar-refractivity contribution in [1.82, 2.24) is 15.5 Å². The number of thioether (sulfide) groups is 1. The van der Waals surface area contributed by atoms with E-state index in [4.69, 9.17) is 10.5 Å². The molecule has 3 N–H and O–H groups in total. The molecule has 0 atom stereocenters. The van der Waals surface area contributed by atoms with Crippen LogP contribution in [0.15, 0.2) is 4.34 Å². The maximum atomic E-state index is 11.8. The molecule has 1 aliphatic carbocycles. The van der Waals surface area contributed by atoms with E-state index in [9.17, 15) is 9.59 Å². The lowest BCUT2D eigenvalue weighted by molar-refractivity contribution is -0.146. The fraction of sp³-hybridized carbons (Fsp3) is 0.692. The molecule has 1 fully saturated rings. The second kappa shape index (κ2) is 8.94. The SMILES string of the molecule is Nc1nnc(SCC(=O)OCC(=O)NC2CCCCCC2)s1. The van der Waals surface area contributed by atoms with Crippen molar-refractivity contribution in [3.05, 3.63) is 0 Å². The Bertz CT molecular complexity index is 501. The average molecular weight is 344 g/mol. The molecule has 1 aromatic heterocycles. The molecular weight excluding hydrogens is 324 g/mol. The van der Waals surface area contributed by atoms with Gasteiger partial charge in [0.2, 0.25) is 5.13 Å².